The van der Waals surface area contributed by atoms with E-state index >= 15 is 0 Å². The highest BCUT2D eigenvalue weighted by molar-refractivity contribution is 6.31. The maximum atomic E-state index is 13.3. The molecule has 5 atom stereocenters. The Hall–Kier alpha value is -4.71. The van der Waals surface area contributed by atoms with Gasteiger partial charge in [-0.1, -0.05) is 163 Å². The lowest BCUT2D eigenvalue weighted by atomic mass is 9.86. The van der Waals surface area contributed by atoms with Gasteiger partial charge in [-0.05, 0) is 63.9 Å². The van der Waals surface area contributed by atoms with Gasteiger partial charge >= 0.3 is 0 Å². The molecule has 6 aromatic carbocycles. The largest absolute Gasteiger partial charge is 0.374 e. The predicted octanol–water partition coefficient (Wildman–Crippen LogP) is 9.61. The average Bonchev–Trinajstić information content (AvgIpc) is 3.29. The lowest BCUT2D eigenvalue weighted by Crippen LogP contribution is -2.65. The van der Waals surface area contributed by atoms with Gasteiger partial charge < -0.3 is 38.3 Å². The van der Waals surface area contributed by atoms with Gasteiger partial charge in [0, 0.05) is 17.7 Å². The van der Waals surface area contributed by atoms with Crippen molar-refractivity contribution in [3.05, 3.63) is 213 Å². The zero-order valence-corrected chi connectivity index (χ0v) is 34.7. The van der Waals surface area contributed by atoms with E-state index in [1.165, 1.54) is 0 Å². The van der Waals surface area contributed by atoms with Crippen LogP contribution < -0.4 is 0 Å². The predicted molar refractivity (Wildman–Crippen MR) is 232 cm³/mol. The molecule has 312 valence electrons. The number of hydrogen-bond acceptors (Lipinski definition) is 8. The topological polar surface area (TPSA) is 84.8 Å². The van der Waals surface area contributed by atoms with E-state index in [0.717, 1.165) is 45.4 Å². The Morgan fingerprint density at radius 3 is 1.65 bits per heavy atom. The molecule has 1 heterocycles. The highest BCUT2D eigenvalue weighted by Crippen LogP contribution is 2.43. The summed E-state index contributed by atoms with van der Waals surface area (Å²) >= 11 is 6.92. The van der Waals surface area contributed by atoms with Gasteiger partial charge in [0.15, 0.2) is 0 Å². The molecule has 0 aromatic heterocycles. The SMILES string of the molecule is COCOCCc1ccc(Cc2cc([C@]3(O)O[C@H](COCc4ccccc4)[C@@H](OCc4ccccc4)[C@H](OCc4ccccc4)[C@H]3OCc3ccccc3)ccc2Cl)cc1. The van der Waals surface area contributed by atoms with Crippen LogP contribution in [-0.2, 0) is 78.2 Å². The first-order valence-electron chi connectivity index (χ1n) is 20.4. The van der Waals surface area contributed by atoms with Crippen molar-refractivity contribution >= 4 is 11.6 Å². The Morgan fingerprint density at radius 2 is 1.08 bits per heavy atom. The molecule has 0 unspecified atom stereocenters. The number of hydrogen-bond donors (Lipinski definition) is 1. The molecule has 8 nitrogen and oxygen atoms in total. The van der Waals surface area contributed by atoms with Crippen molar-refractivity contribution in [2.24, 2.45) is 0 Å². The van der Waals surface area contributed by atoms with Crippen LogP contribution in [0.15, 0.2) is 164 Å². The molecule has 9 heteroatoms. The van der Waals surface area contributed by atoms with Gasteiger partial charge in [0.1, 0.15) is 31.2 Å². The van der Waals surface area contributed by atoms with Crippen LogP contribution in [-0.4, -0.2) is 56.6 Å². The molecule has 7 rings (SSSR count). The molecule has 0 aliphatic carbocycles. The fourth-order valence-corrected chi connectivity index (χ4v) is 7.58. The number of halogens is 1. The van der Waals surface area contributed by atoms with Crippen LogP contribution in [0, 0.1) is 0 Å². The molecule has 0 bridgehead atoms. The molecule has 0 amide bonds. The maximum Gasteiger partial charge on any atom is 0.222 e. The van der Waals surface area contributed by atoms with Gasteiger partial charge in [0.25, 0.3) is 0 Å². The molecular weight excluding hydrogens is 776 g/mol. The smallest absolute Gasteiger partial charge is 0.222 e. The maximum absolute atomic E-state index is 13.3. The molecule has 60 heavy (non-hydrogen) atoms. The summed E-state index contributed by atoms with van der Waals surface area (Å²) in [7, 11) is 1.61. The third kappa shape index (κ3) is 12.0. The third-order valence-electron chi connectivity index (χ3n) is 10.6. The van der Waals surface area contributed by atoms with E-state index in [1.807, 2.05) is 133 Å². The summed E-state index contributed by atoms with van der Waals surface area (Å²) in [6.45, 7) is 2.00. The number of aliphatic hydroxyl groups is 1. The molecule has 0 saturated carbocycles. The molecular formula is C51H53ClO8. The fourth-order valence-electron chi connectivity index (χ4n) is 7.39. The molecule has 1 saturated heterocycles. The van der Waals surface area contributed by atoms with Crippen LogP contribution in [0.25, 0.3) is 0 Å². The van der Waals surface area contributed by atoms with E-state index in [0.29, 0.717) is 30.2 Å². The minimum Gasteiger partial charge on any atom is -0.374 e. The summed E-state index contributed by atoms with van der Waals surface area (Å²) in [6, 6.07) is 53.7. The van der Waals surface area contributed by atoms with Crippen molar-refractivity contribution in [1.29, 1.82) is 0 Å². The van der Waals surface area contributed by atoms with Gasteiger partial charge in [0.05, 0.1) is 39.6 Å². The summed E-state index contributed by atoms with van der Waals surface area (Å²) < 4.78 is 44.3. The van der Waals surface area contributed by atoms with Gasteiger partial charge in [-0.15, -0.1) is 0 Å². The minimum atomic E-state index is -2.02. The van der Waals surface area contributed by atoms with Crippen LogP contribution in [0.1, 0.15) is 44.5 Å². The van der Waals surface area contributed by atoms with Gasteiger partial charge in [-0.2, -0.15) is 0 Å². The summed E-state index contributed by atoms with van der Waals surface area (Å²) in [6.07, 6.45) is -2.06. The summed E-state index contributed by atoms with van der Waals surface area (Å²) in [5, 5.41) is 13.8. The Kier molecular flexibility index (Phi) is 16.1. The molecule has 1 N–H and O–H groups in total. The summed E-state index contributed by atoms with van der Waals surface area (Å²) in [5.74, 6) is -2.02. The Balaban J connectivity index is 1.24. The fraction of sp³-hybridized carbons (Fsp3) is 0.294. The van der Waals surface area contributed by atoms with Crippen LogP contribution in [0.4, 0.5) is 0 Å². The zero-order valence-electron chi connectivity index (χ0n) is 33.9. The second-order valence-corrected chi connectivity index (χ2v) is 15.4. The van der Waals surface area contributed by atoms with E-state index in [9.17, 15) is 5.11 Å². The highest BCUT2D eigenvalue weighted by Gasteiger charge is 2.57. The van der Waals surface area contributed by atoms with E-state index in [4.69, 9.17) is 44.8 Å². The first-order chi connectivity index (χ1) is 29.5. The Morgan fingerprint density at radius 1 is 0.567 bits per heavy atom. The minimum absolute atomic E-state index is 0.108. The first kappa shape index (κ1) is 43.4. The molecule has 0 radical (unpaired) electrons. The van der Waals surface area contributed by atoms with E-state index in [1.54, 1.807) is 13.2 Å². The number of benzene rings is 6. The van der Waals surface area contributed by atoms with E-state index in [2.05, 4.69) is 24.3 Å². The standard InChI is InChI=1S/C51H53ClO8/c1-54-37-55-29-28-38-22-24-39(25-23-38)30-44-31-45(26-27-46(44)52)51(53)50(59-35-43-20-12-5-13-21-43)49(58-34-42-18-10-4-11-19-42)48(57-33-41-16-8-3-9-17-41)47(60-51)36-56-32-40-14-6-2-7-15-40/h2-27,31,47-50,53H,28-30,32-37H2,1H3/t47-,48-,49+,50-,51+/m1/s1. The number of ether oxygens (including phenoxy) is 7. The number of methoxy groups -OCH3 is 1. The molecule has 0 spiro atoms. The second kappa shape index (κ2) is 22.2. The molecule has 1 fully saturated rings. The summed E-state index contributed by atoms with van der Waals surface area (Å²) in [5.41, 5.74) is 7.43. The van der Waals surface area contributed by atoms with Gasteiger partial charge in [-0.3, -0.25) is 0 Å². The van der Waals surface area contributed by atoms with Crippen LogP contribution in [0.2, 0.25) is 5.02 Å². The summed E-state index contributed by atoms with van der Waals surface area (Å²) in [4.78, 5) is 0. The van der Waals surface area contributed by atoms with Crippen LogP contribution >= 0.6 is 11.6 Å². The van der Waals surface area contributed by atoms with E-state index < -0.39 is 30.2 Å². The lowest BCUT2D eigenvalue weighted by Gasteiger charge is -2.50. The lowest BCUT2D eigenvalue weighted by molar-refractivity contribution is -0.378. The molecule has 1 aliphatic heterocycles. The van der Waals surface area contributed by atoms with Crippen molar-refractivity contribution in [2.45, 2.75) is 69.5 Å². The van der Waals surface area contributed by atoms with Crippen LogP contribution in [0.5, 0.6) is 0 Å². The van der Waals surface area contributed by atoms with Crippen LogP contribution in [0.3, 0.4) is 0 Å². The second-order valence-electron chi connectivity index (χ2n) is 15.0. The highest BCUT2D eigenvalue weighted by atomic mass is 35.5. The molecule has 6 aromatic rings. The van der Waals surface area contributed by atoms with Crippen molar-refractivity contribution in [3.63, 3.8) is 0 Å². The number of rotatable bonds is 21. The third-order valence-corrected chi connectivity index (χ3v) is 10.9. The molecule has 1 aliphatic rings. The Labute approximate surface area is 358 Å². The Bertz CT molecular complexity index is 2140. The van der Waals surface area contributed by atoms with E-state index in [-0.39, 0.29) is 33.2 Å². The quantitative estimate of drug-likeness (QED) is 0.0568. The van der Waals surface area contributed by atoms with Crippen molar-refractivity contribution < 1.29 is 38.3 Å². The average molecular weight is 829 g/mol. The van der Waals surface area contributed by atoms with Crippen molar-refractivity contribution in [3.8, 4) is 0 Å². The first-order valence-corrected chi connectivity index (χ1v) is 20.8. The van der Waals surface area contributed by atoms with Crippen molar-refractivity contribution in [1.82, 2.24) is 0 Å². The van der Waals surface area contributed by atoms with Crippen molar-refractivity contribution in [2.75, 3.05) is 27.1 Å². The monoisotopic (exact) mass is 828 g/mol. The van der Waals surface area contributed by atoms with Gasteiger partial charge in [0.2, 0.25) is 5.79 Å². The zero-order chi connectivity index (χ0) is 41.4. The van der Waals surface area contributed by atoms with Gasteiger partial charge in [-0.25, -0.2) is 0 Å². The normalized spacial score (nSPS) is 20.2.